The van der Waals surface area contributed by atoms with Gasteiger partial charge in [0.25, 0.3) is 0 Å². The molecule has 1 amide bonds. The molecule has 10 heteroatoms. The van der Waals surface area contributed by atoms with Crippen LogP contribution in [0.4, 0.5) is 13.2 Å². The summed E-state index contributed by atoms with van der Waals surface area (Å²) in [5, 5.41) is 4.07. The number of rotatable bonds is 6. The van der Waals surface area contributed by atoms with Gasteiger partial charge in [0.15, 0.2) is 5.69 Å². The number of carbonyl (C=O) groups is 1. The molecule has 2 aromatic rings. The Morgan fingerprint density at radius 3 is 2.45 bits per heavy atom. The fourth-order valence-electron chi connectivity index (χ4n) is 3.96. The maximum absolute atomic E-state index is 13.2. The Labute approximate surface area is 188 Å². The van der Waals surface area contributed by atoms with E-state index in [1.165, 1.54) is 4.68 Å². The average molecular weight is 475 g/mol. The number of hydrogen-bond donors (Lipinski definition) is 0. The first-order valence-corrected chi connectivity index (χ1v) is 11.1. The Bertz CT molecular complexity index is 951. The van der Waals surface area contributed by atoms with E-state index in [0.717, 1.165) is 38.0 Å². The SMILES string of the molecule is O=C(CCn1nc(C(F)(F)F)c(Cl)c1C1CC1)N1CCN(Cc2cccc(Cl)c2)CC1. The van der Waals surface area contributed by atoms with Crippen molar-refractivity contribution < 1.29 is 18.0 Å². The van der Waals surface area contributed by atoms with Crippen molar-refractivity contribution >= 4 is 29.1 Å². The van der Waals surface area contributed by atoms with Gasteiger partial charge < -0.3 is 4.90 Å². The van der Waals surface area contributed by atoms with Gasteiger partial charge in [-0.15, -0.1) is 0 Å². The molecule has 1 aliphatic heterocycles. The maximum atomic E-state index is 13.2. The molecule has 0 spiro atoms. The van der Waals surface area contributed by atoms with Crippen LogP contribution in [-0.4, -0.2) is 51.7 Å². The van der Waals surface area contributed by atoms with E-state index in [0.29, 0.717) is 23.8 Å². The third-order valence-electron chi connectivity index (χ3n) is 5.72. The second-order valence-corrected chi connectivity index (χ2v) is 8.89. The highest BCUT2D eigenvalue weighted by Gasteiger charge is 2.42. The van der Waals surface area contributed by atoms with Crippen LogP contribution in [0.15, 0.2) is 24.3 Å². The minimum absolute atomic E-state index is 0.00115. The number of nitrogens with zero attached hydrogens (tertiary/aromatic N) is 4. The van der Waals surface area contributed by atoms with E-state index in [2.05, 4.69) is 10.00 Å². The van der Waals surface area contributed by atoms with E-state index in [1.807, 2.05) is 24.3 Å². The summed E-state index contributed by atoms with van der Waals surface area (Å²) < 4.78 is 40.8. The Morgan fingerprint density at radius 1 is 1.13 bits per heavy atom. The van der Waals surface area contributed by atoms with Gasteiger partial charge in [0.1, 0.15) is 0 Å². The second-order valence-electron chi connectivity index (χ2n) is 8.08. The zero-order valence-corrected chi connectivity index (χ0v) is 18.3. The molecule has 1 aromatic heterocycles. The molecule has 1 saturated carbocycles. The Morgan fingerprint density at radius 2 is 1.84 bits per heavy atom. The lowest BCUT2D eigenvalue weighted by atomic mass is 10.2. The highest BCUT2D eigenvalue weighted by molar-refractivity contribution is 6.32. The first-order chi connectivity index (χ1) is 14.7. The van der Waals surface area contributed by atoms with Crippen LogP contribution in [0, 0.1) is 0 Å². The van der Waals surface area contributed by atoms with Crippen LogP contribution in [0.2, 0.25) is 10.0 Å². The fraction of sp³-hybridized carbons (Fsp3) is 0.524. The molecule has 0 atom stereocenters. The smallest absolute Gasteiger partial charge is 0.340 e. The molecule has 2 fully saturated rings. The third kappa shape index (κ3) is 5.35. The number of amides is 1. The Hall–Kier alpha value is -1.77. The number of alkyl halides is 3. The van der Waals surface area contributed by atoms with Crippen LogP contribution in [-0.2, 0) is 24.1 Å². The zero-order valence-electron chi connectivity index (χ0n) is 16.8. The third-order valence-corrected chi connectivity index (χ3v) is 6.33. The van der Waals surface area contributed by atoms with Crippen molar-refractivity contribution in [1.29, 1.82) is 0 Å². The van der Waals surface area contributed by atoms with Gasteiger partial charge in [-0.2, -0.15) is 18.3 Å². The fourth-order valence-corrected chi connectivity index (χ4v) is 4.57. The summed E-state index contributed by atoms with van der Waals surface area (Å²) in [6.45, 7) is 3.50. The summed E-state index contributed by atoms with van der Waals surface area (Å²) in [6, 6.07) is 7.70. The van der Waals surface area contributed by atoms with Crippen molar-refractivity contribution in [1.82, 2.24) is 19.6 Å². The van der Waals surface area contributed by atoms with Gasteiger partial charge in [-0.25, -0.2) is 0 Å². The van der Waals surface area contributed by atoms with Crippen LogP contribution in [0.1, 0.15) is 42.1 Å². The summed E-state index contributed by atoms with van der Waals surface area (Å²) in [5.74, 6) is -0.0782. The molecule has 0 unspecified atom stereocenters. The second kappa shape index (κ2) is 9.00. The molecule has 1 aliphatic carbocycles. The minimum atomic E-state index is -4.60. The van der Waals surface area contributed by atoms with Crippen LogP contribution >= 0.6 is 23.2 Å². The molecule has 5 nitrogen and oxygen atoms in total. The largest absolute Gasteiger partial charge is 0.436 e. The van der Waals surface area contributed by atoms with E-state index >= 15 is 0 Å². The van der Waals surface area contributed by atoms with Crippen LogP contribution in [0.5, 0.6) is 0 Å². The summed E-state index contributed by atoms with van der Waals surface area (Å²) in [5.41, 5.74) is 0.474. The molecule has 2 aliphatic rings. The van der Waals surface area contributed by atoms with Gasteiger partial charge in [0.2, 0.25) is 5.91 Å². The Balaban J connectivity index is 1.32. The van der Waals surface area contributed by atoms with Gasteiger partial charge in [0, 0.05) is 50.1 Å². The number of halogens is 5. The number of benzene rings is 1. The number of piperazine rings is 1. The van der Waals surface area contributed by atoms with Crippen molar-refractivity contribution in [2.75, 3.05) is 26.2 Å². The lowest BCUT2D eigenvalue weighted by Gasteiger charge is -2.35. The molecular formula is C21H23Cl2F3N4O. The van der Waals surface area contributed by atoms with Crippen LogP contribution < -0.4 is 0 Å². The van der Waals surface area contributed by atoms with Gasteiger partial charge in [0.05, 0.1) is 17.3 Å². The molecule has 0 bridgehead atoms. The lowest BCUT2D eigenvalue weighted by molar-refractivity contribution is -0.141. The average Bonchev–Trinajstić information content (AvgIpc) is 3.48. The number of carbonyl (C=O) groups excluding carboxylic acids is 1. The predicted molar refractivity (Wildman–Crippen MR) is 112 cm³/mol. The standard InChI is InChI=1S/C21H23Cl2F3N4O/c22-16-3-1-2-14(12-16)13-28-8-10-29(11-9-28)17(31)6-7-30-19(15-4-5-15)18(23)20(27-30)21(24,25)26/h1-3,12,15H,4-11,13H2. The number of hydrogen-bond acceptors (Lipinski definition) is 3. The molecule has 0 N–H and O–H groups in total. The van der Waals surface area contributed by atoms with Gasteiger partial charge >= 0.3 is 6.18 Å². The molecule has 168 valence electrons. The normalized spacial score (nSPS) is 17.9. The van der Waals surface area contributed by atoms with Crippen molar-refractivity contribution in [3.63, 3.8) is 0 Å². The lowest BCUT2D eigenvalue weighted by Crippen LogP contribution is -2.48. The molecule has 4 rings (SSSR count). The summed E-state index contributed by atoms with van der Waals surface area (Å²) >= 11 is 12.0. The molecule has 2 heterocycles. The minimum Gasteiger partial charge on any atom is -0.340 e. The highest BCUT2D eigenvalue weighted by atomic mass is 35.5. The van der Waals surface area contributed by atoms with Crippen LogP contribution in [0.3, 0.4) is 0 Å². The molecule has 31 heavy (non-hydrogen) atoms. The molecule has 1 saturated heterocycles. The molecule has 0 radical (unpaired) electrons. The van der Waals surface area contributed by atoms with E-state index in [1.54, 1.807) is 4.90 Å². The molecule has 1 aromatic carbocycles. The van der Waals surface area contributed by atoms with Crippen molar-refractivity contribution in [2.45, 2.75) is 44.4 Å². The van der Waals surface area contributed by atoms with E-state index in [4.69, 9.17) is 23.2 Å². The molecular weight excluding hydrogens is 452 g/mol. The first-order valence-electron chi connectivity index (χ1n) is 10.3. The monoisotopic (exact) mass is 474 g/mol. The number of aryl methyl sites for hydroxylation is 1. The summed E-state index contributed by atoms with van der Waals surface area (Å²) in [4.78, 5) is 16.7. The zero-order chi connectivity index (χ0) is 22.2. The number of aromatic nitrogens is 2. The van der Waals surface area contributed by atoms with E-state index < -0.39 is 11.9 Å². The van der Waals surface area contributed by atoms with Gasteiger partial charge in [-0.3, -0.25) is 14.4 Å². The van der Waals surface area contributed by atoms with Crippen molar-refractivity contribution in [3.8, 4) is 0 Å². The Kier molecular flexibility index (Phi) is 6.51. The summed E-state index contributed by atoms with van der Waals surface area (Å²) in [7, 11) is 0. The van der Waals surface area contributed by atoms with Crippen molar-refractivity contribution in [2.24, 2.45) is 0 Å². The quantitative estimate of drug-likeness (QED) is 0.602. The van der Waals surface area contributed by atoms with E-state index in [-0.39, 0.29) is 29.8 Å². The van der Waals surface area contributed by atoms with Gasteiger partial charge in [-0.1, -0.05) is 35.3 Å². The topological polar surface area (TPSA) is 41.4 Å². The predicted octanol–water partition coefficient (Wildman–Crippen LogP) is 4.82. The van der Waals surface area contributed by atoms with Crippen molar-refractivity contribution in [3.05, 3.63) is 51.3 Å². The first kappa shape index (κ1) is 22.4. The van der Waals surface area contributed by atoms with Gasteiger partial charge in [-0.05, 0) is 30.5 Å². The highest BCUT2D eigenvalue weighted by Crippen LogP contribution is 2.46. The van der Waals surface area contributed by atoms with E-state index in [9.17, 15) is 18.0 Å². The summed E-state index contributed by atoms with van der Waals surface area (Å²) in [6.07, 6.45) is -2.91. The maximum Gasteiger partial charge on any atom is 0.436 e. The van der Waals surface area contributed by atoms with Crippen LogP contribution in [0.25, 0.3) is 0 Å².